The Balaban J connectivity index is 2.22. The third-order valence-electron chi connectivity index (χ3n) is 2.28. The topological polar surface area (TPSA) is 49.8 Å². The van der Waals surface area contributed by atoms with Crippen LogP contribution in [0.5, 0.6) is 0 Å². The largest absolute Gasteiger partial charge is 0.463 e. The van der Waals surface area contributed by atoms with Crippen LogP contribution in [0.4, 0.5) is 4.79 Å². The van der Waals surface area contributed by atoms with Gasteiger partial charge in [0.15, 0.2) is 0 Å². The predicted molar refractivity (Wildman–Crippen MR) is 49.6 cm³/mol. The highest BCUT2D eigenvalue weighted by atomic mass is 16.7. The van der Waals surface area contributed by atoms with E-state index in [1.165, 1.54) is 0 Å². The van der Waals surface area contributed by atoms with Gasteiger partial charge in [-0.25, -0.2) is 4.79 Å². The van der Waals surface area contributed by atoms with Crippen LogP contribution >= 0.6 is 0 Å². The number of amides is 1. The van der Waals surface area contributed by atoms with E-state index in [0.717, 1.165) is 17.0 Å². The molecule has 1 aliphatic rings. The normalized spacial score (nSPS) is 21.1. The zero-order valence-corrected chi connectivity index (χ0v) is 7.59. The smallest absolute Gasteiger partial charge is 0.432 e. The Labute approximate surface area is 81.7 Å². The van der Waals surface area contributed by atoms with Crippen LogP contribution in [0.15, 0.2) is 30.3 Å². The average molecular weight is 193 g/mol. The van der Waals surface area contributed by atoms with Crippen LogP contribution in [0.2, 0.25) is 0 Å². The highest BCUT2D eigenvalue weighted by Gasteiger charge is 2.31. The summed E-state index contributed by atoms with van der Waals surface area (Å²) in [6, 6.07) is 9.37. The van der Waals surface area contributed by atoms with Crippen LogP contribution in [0.3, 0.4) is 0 Å². The number of benzene rings is 1. The molecule has 1 heterocycles. The van der Waals surface area contributed by atoms with Gasteiger partial charge in [-0.15, -0.1) is 0 Å². The minimum absolute atomic E-state index is 0.159. The van der Waals surface area contributed by atoms with Crippen molar-refractivity contribution in [3.8, 4) is 0 Å². The molecule has 0 aromatic heterocycles. The maximum atomic E-state index is 10.8. The SMILES string of the molecule is O=C(O)N1OCCC1c1ccccc1. The van der Waals surface area contributed by atoms with Crippen LogP contribution < -0.4 is 0 Å². The molecule has 1 saturated heterocycles. The quantitative estimate of drug-likeness (QED) is 0.742. The fourth-order valence-electron chi connectivity index (χ4n) is 1.64. The molecule has 0 bridgehead atoms. The third-order valence-corrected chi connectivity index (χ3v) is 2.28. The van der Waals surface area contributed by atoms with Gasteiger partial charge in [-0.2, -0.15) is 5.06 Å². The summed E-state index contributed by atoms with van der Waals surface area (Å²) in [7, 11) is 0. The highest BCUT2D eigenvalue weighted by Crippen LogP contribution is 2.29. The van der Waals surface area contributed by atoms with Crippen molar-refractivity contribution in [2.75, 3.05) is 6.61 Å². The minimum Gasteiger partial charge on any atom is -0.463 e. The lowest BCUT2D eigenvalue weighted by Gasteiger charge is -2.19. The number of carboxylic acid groups (broad SMARTS) is 1. The summed E-state index contributed by atoms with van der Waals surface area (Å²) in [5.41, 5.74) is 0.979. The van der Waals surface area contributed by atoms with Crippen LogP contribution in [-0.4, -0.2) is 22.9 Å². The molecule has 1 aromatic rings. The van der Waals surface area contributed by atoms with E-state index in [0.29, 0.717) is 6.61 Å². The summed E-state index contributed by atoms with van der Waals surface area (Å²) in [5.74, 6) is 0. The second-order valence-corrected chi connectivity index (χ2v) is 3.16. The van der Waals surface area contributed by atoms with Gasteiger partial charge < -0.3 is 5.11 Å². The van der Waals surface area contributed by atoms with Gasteiger partial charge >= 0.3 is 6.09 Å². The lowest BCUT2D eigenvalue weighted by atomic mass is 10.1. The van der Waals surface area contributed by atoms with Crippen molar-refractivity contribution < 1.29 is 14.7 Å². The van der Waals surface area contributed by atoms with E-state index in [9.17, 15) is 4.79 Å². The molecule has 2 rings (SSSR count). The summed E-state index contributed by atoms with van der Waals surface area (Å²) >= 11 is 0. The molecule has 4 heteroatoms. The number of hydrogen-bond acceptors (Lipinski definition) is 2. The zero-order chi connectivity index (χ0) is 9.97. The molecule has 74 valence electrons. The van der Waals surface area contributed by atoms with Crippen molar-refractivity contribution >= 4 is 6.09 Å². The van der Waals surface area contributed by atoms with Gasteiger partial charge in [-0.3, -0.25) is 4.84 Å². The van der Waals surface area contributed by atoms with Gasteiger partial charge in [0, 0.05) is 6.42 Å². The molecule has 1 atom stereocenters. The second kappa shape index (κ2) is 3.67. The molecule has 4 nitrogen and oxygen atoms in total. The Morgan fingerprint density at radius 3 is 2.79 bits per heavy atom. The van der Waals surface area contributed by atoms with Gasteiger partial charge in [-0.05, 0) is 5.56 Å². The van der Waals surface area contributed by atoms with Crippen molar-refractivity contribution in [3.05, 3.63) is 35.9 Å². The van der Waals surface area contributed by atoms with Crippen molar-refractivity contribution in [2.24, 2.45) is 0 Å². The standard InChI is InChI=1S/C10H11NO3/c12-10(13)11-9(6-7-14-11)8-4-2-1-3-5-8/h1-5,9H,6-7H2,(H,12,13). The zero-order valence-electron chi connectivity index (χ0n) is 7.59. The van der Waals surface area contributed by atoms with Crippen LogP contribution in [0.25, 0.3) is 0 Å². The number of rotatable bonds is 1. The van der Waals surface area contributed by atoms with Gasteiger partial charge in [0.05, 0.1) is 12.6 Å². The number of nitrogens with zero attached hydrogens (tertiary/aromatic N) is 1. The molecule has 1 N–H and O–H groups in total. The summed E-state index contributed by atoms with van der Waals surface area (Å²) < 4.78 is 0. The highest BCUT2D eigenvalue weighted by molar-refractivity contribution is 5.64. The molecule has 1 aliphatic heterocycles. The second-order valence-electron chi connectivity index (χ2n) is 3.16. The number of carbonyl (C=O) groups is 1. The van der Waals surface area contributed by atoms with Crippen LogP contribution in [-0.2, 0) is 4.84 Å². The molecular formula is C10H11NO3. The first kappa shape index (κ1) is 9.02. The van der Waals surface area contributed by atoms with Crippen molar-refractivity contribution in [1.29, 1.82) is 0 Å². The Bertz CT molecular complexity index is 325. The molecular weight excluding hydrogens is 182 g/mol. The van der Waals surface area contributed by atoms with Gasteiger partial charge in [0.25, 0.3) is 0 Å². The summed E-state index contributed by atoms with van der Waals surface area (Å²) in [6.45, 7) is 0.464. The van der Waals surface area contributed by atoms with Crippen LogP contribution in [0.1, 0.15) is 18.0 Å². The maximum Gasteiger partial charge on any atom is 0.432 e. The molecule has 0 radical (unpaired) electrons. The van der Waals surface area contributed by atoms with Crippen molar-refractivity contribution in [3.63, 3.8) is 0 Å². The van der Waals surface area contributed by atoms with Gasteiger partial charge in [0.1, 0.15) is 0 Å². The maximum absolute atomic E-state index is 10.8. The van der Waals surface area contributed by atoms with Gasteiger partial charge in [0.2, 0.25) is 0 Å². The molecule has 1 amide bonds. The van der Waals surface area contributed by atoms with E-state index in [-0.39, 0.29) is 6.04 Å². The van der Waals surface area contributed by atoms with Crippen molar-refractivity contribution in [2.45, 2.75) is 12.5 Å². The fraction of sp³-hybridized carbons (Fsp3) is 0.300. The van der Waals surface area contributed by atoms with E-state index in [4.69, 9.17) is 9.94 Å². The van der Waals surface area contributed by atoms with E-state index in [2.05, 4.69) is 0 Å². The Kier molecular flexibility index (Phi) is 2.37. The van der Waals surface area contributed by atoms with E-state index in [1.54, 1.807) is 0 Å². The molecule has 0 aliphatic carbocycles. The van der Waals surface area contributed by atoms with Crippen LogP contribution in [0, 0.1) is 0 Å². The summed E-state index contributed by atoms with van der Waals surface area (Å²) in [4.78, 5) is 15.8. The van der Waals surface area contributed by atoms with E-state index >= 15 is 0 Å². The molecule has 1 unspecified atom stereocenters. The lowest BCUT2D eigenvalue weighted by Crippen LogP contribution is -2.27. The Morgan fingerprint density at radius 1 is 1.43 bits per heavy atom. The Hall–Kier alpha value is -1.55. The molecule has 1 fully saturated rings. The average Bonchev–Trinajstić information content (AvgIpc) is 2.67. The first-order chi connectivity index (χ1) is 6.79. The predicted octanol–water partition coefficient (Wildman–Crippen LogP) is 2.04. The lowest BCUT2D eigenvalue weighted by molar-refractivity contribution is -0.104. The molecule has 0 spiro atoms. The third kappa shape index (κ3) is 1.56. The van der Waals surface area contributed by atoms with Gasteiger partial charge in [-0.1, -0.05) is 30.3 Å². The van der Waals surface area contributed by atoms with E-state index < -0.39 is 6.09 Å². The fourth-order valence-corrected chi connectivity index (χ4v) is 1.64. The molecule has 14 heavy (non-hydrogen) atoms. The number of hydroxylamine groups is 2. The summed E-state index contributed by atoms with van der Waals surface area (Å²) in [5, 5.41) is 9.87. The van der Waals surface area contributed by atoms with Crippen molar-refractivity contribution in [1.82, 2.24) is 5.06 Å². The first-order valence-electron chi connectivity index (χ1n) is 4.49. The number of hydrogen-bond donors (Lipinski definition) is 1. The Morgan fingerprint density at radius 2 is 2.14 bits per heavy atom. The molecule has 1 aromatic carbocycles. The monoisotopic (exact) mass is 193 g/mol. The summed E-state index contributed by atoms with van der Waals surface area (Å²) in [6.07, 6.45) is -0.313. The molecule has 0 saturated carbocycles. The minimum atomic E-state index is -1.03. The first-order valence-corrected chi connectivity index (χ1v) is 4.49. The van der Waals surface area contributed by atoms with E-state index in [1.807, 2.05) is 30.3 Å².